The van der Waals surface area contributed by atoms with Crippen molar-refractivity contribution in [3.8, 4) is 0 Å². The molecule has 0 radical (unpaired) electrons. The second-order valence-corrected chi connectivity index (χ2v) is 15.3. The Morgan fingerprint density at radius 1 is 0.426 bits per heavy atom. The SMILES string of the molecule is CC/C=C\C/C=C\C/C=C\C/C=C\CCCCCCC(=O)OCC(COCCCCCCCCCCCCCCCCCC)OC(=O)CCCCCCC. The molecule has 0 heterocycles. The minimum Gasteiger partial charge on any atom is -0.462 e. The first-order valence-corrected chi connectivity index (χ1v) is 23.2. The van der Waals surface area contributed by atoms with Crippen LogP contribution in [0.15, 0.2) is 48.6 Å². The molecule has 0 aromatic rings. The summed E-state index contributed by atoms with van der Waals surface area (Å²) in [6, 6.07) is 0. The lowest BCUT2D eigenvalue weighted by Crippen LogP contribution is -2.30. The topological polar surface area (TPSA) is 61.8 Å². The summed E-state index contributed by atoms with van der Waals surface area (Å²) in [5.74, 6) is -0.431. The Labute approximate surface area is 335 Å². The number of hydrogen-bond acceptors (Lipinski definition) is 5. The summed E-state index contributed by atoms with van der Waals surface area (Å²) in [6.45, 7) is 7.64. The Morgan fingerprint density at radius 3 is 1.33 bits per heavy atom. The van der Waals surface area contributed by atoms with E-state index in [1.165, 1.54) is 109 Å². The maximum atomic E-state index is 12.5. The Hall–Kier alpha value is -2.14. The lowest BCUT2D eigenvalue weighted by atomic mass is 10.0. The largest absolute Gasteiger partial charge is 0.462 e. The number of carbonyl (C=O) groups is 2. The zero-order valence-corrected chi connectivity index (χ0v) is 36.0. The van der Waals surface area contributed by atoms with Crippen molar-refractivity contribution in [2.24, 2.45) is 0 Å². The van der Waals surface area contributed by atoms with Crippen LogP contribution in [0.4, 0.5) is 0 Å². The summed E-state index contributed by atoms with van der Waals surface area (Å²) in [7, 11) is 0. The standard InChI is InChI=1S/C49H88O5/c1-4-7-10-13-15-17-19-21-23-25-26-28-30-32-34-37-39-42-48(50)53-46-47(54-49(51)43-40-36-12-9-6-3)45-52-44-41-38-35-33-31-29-27-24-22-20-18-16-14-11-8-5-2/h7,10,15,17,21,23,26,28,47H,4-6,8-9,11-14,16,18-20,22,24-25,27,29-46H2,1-3H3/b10-7-,17-15-,23-21-,28-26-. The summed E-state index contributed by atoms with van der Waals surface area (Å²) in [4.78, 5) is 25.0. The average molecular weight is 757 g/mol. The van der Waals surface area contributed by atoms with E-state index < -0.39 is 6.10 Å². The van der Waals surface area contributed by atoms with Gasteiger partial charge in [0.2, 0.25) is 0 Å². The zero-order valence-electron chi connectivity index (χ0n) is 36.0. The molecule has 0 aliphatic rings. The third-order valence-electron chi connectivity index (χ3n) is 9.88. The van der Waals surface area contributed by atoms with Crippen molar-refractivity contribution in [3.05, 3.63) is 48.6 Å². The molecular weight excluding hydrogens is 669 g/mol. The van der Waals surface area contributed by atoms with E-state index >= 15 is 0 Å². The first kappa shape index (κ1) is 51.9. The molecule has 0 amide bonds. The molecule has 0 aliphatic heterocycles. The van der Waals surface area contributed by atoms with Gasteiger partial charge in [-0.3, -0.25) is 9.59 Å². The van der Waals surface area contributed by atoms with Gasteiger partial charge in [0.1, 0.15) is 6.61 Å². The molecule has 0 fully saturated rings. The monoisotopic (exact) mass is 757 g/mol. The molecule has 0 aromatic carbocycles. The Kier molecular flexibility index (Phi) is 43.5. The van der Waals surface area contributed by atoms with E-state index in [1.807, 2.05) is 0 Å². The zero-order chi connectivity index (χ0) is 39.3. The number of hydrogen-bond donors (Lipinski definition) is 0. The van der Waals surface area contributed by atoms with Gasteiger partial charge in [0, 0.05) is 19.4 Å². The number of unbranched alkanes of at least 4 members (excludes halogenated alkanes) is 23. The number of allylic oxidation sites excluding steroid dienone is 8. The van der Waals surface area contributed by atoms with Gasteiger partial charge in [0.25, 0.3) is 0 Å². The van der Waals surface area contributed by atoms with Gasteiger partial charge in [0.05, 0.1) is 6.61 Å². The second kappa shape index (κ2) is 45.3. The fourth-order valence-corrected chi connectivity index (χ4v) is 6.44. The van der Waals surface area contributed by atoms with Crippen molar-refractivity contribution in [2.45, 2.75) is 232 Å². The van der Waals surface area contributed by atoms with Gasteiger partial charge in [0.15, 0.2) is 6.10 Å². The van der Waals surface area contributed by atoms with E-state index in [4.69, 9.17) is 14.2 Å². The predicted molar refractivity (Wildman–Crippen MR) is 233 cm³/mol. The Morgan fingerprint density at radius 2 is 0.833 bits per heavy atom. The van der Waals surface area contributed by atoms with Gasteiger partial charge in [-0.05, 0) is 57.8 Å². The summed E-state index contributed by atoms with van der Waals surface area (Å²) >= 11 is 0. The molecule has 1 atom stereocenters. The summed E-state index contributed by atoms with van der Waals surface area (Å²) < 4.78 is 17.2. The van der Waals surface area contributed by atoms with Gasteiger partial charge in [-0.15, -0.1) is 0 Å². The molecule has 0 N–H and O–H groups in total. The Bertz CT molecular complexity index is 904. The fraction of sp³-hybridized carbons (Fsp3) is 0.796. The van der Waals surface area contributed by atoms with Gasteiger partial charge in [-0.25, -0.2) is 0 Å². The van der Waals surface area contributed by atoms with Crippen molar-refractivity contribution in [3.63, 3.8) is 0 Å². The lowest BCUT2D eigenvalue weighted by molar-refractivity contribution is -0.163. The molecule has 0 rings (SSSR count). The van der Waals surface area contributed by atoms with E-state index in [0.717, 1.165) is 83.5 Å². The predicted octanol–water partition coefficient (Wildman–Crippen LogP) is 15.2. The minimum atomic E-state index is -0.538. The van der Waals surface area contributed by atoms with E-state index in [9.17, 15) is 9.59 Å². The number of ether oxygens (including phenoxy) is 3. The molecule has 54 heavy (non-hydrogen) atoms. The van der Waals surface area contributed by atoms with E-state index in [2.05, 4.69) is 69.4 Å². The van der Waals surface area contributed by atoms with Gasteiger partial charge >= 0.3 is 11.9 Å². The fourth-order valence-electron chi connectivity index (χ4n) is 6.44. The molecule has 5 nitrogen and oxygen atoms in total. The van der Waals surface area contributed by atoms with Crippen molar-refractivity contribution in [1.29, 1.82) is 0 Å². The molecule has 314 valence electrons. The van der Waals surface area contributed by atoms with Crippen LogP contribution in [0.5, 0.6) is 0 Å². The minimum absolute atomic E-state index is 0.0746. The van der Waals surface area contributed by atoms with Crippen LogP contribution in [0.3, 0.4) is 0 Å². The summed E-state index contributed by atoms with van der Waals surface area (Å²) in [5.41, 5.74) is 0. The van der Waals surface area contributed by atoms with Crippen LogP contribution in [0.2, 0.25) is 0 Å². The van der Waals surface area contributed by atoms with E-state index in [0.29, 0.717) is 19.4 Å². The van der Waals surface area contributed by atoms with Crippen molar-refractivity contribution < 1.29 is 23.8 Å². The van der Waals surface area contributed by atoms with Crippen molar-refractivity contribution >= 4 is 11.9 Å². The van der Waals surface area contributed by atoms with Crippen LogP contribution < -0.4 is 0 Å². The number of esters is 2. The summed E-state index contributed by atoms with van der Waals surface area (Å²) in [5, 5.41) is 0. The van der Waals surface area contributed by atoms with E-state index in [1.54, 1.807) is 0 Å². The molecule has 5 heteroatoms. The molecule has 0 spiro atoms. The van der Waals surface area contributed by atoms with Crippen LogP contribution in [0, 0.1) is 0 Å². The highest BCUT2D eigenvalue weighted by atomic mass is 16.6. The van der Waals surface area contributed by atoms with Crippen LogP contribution in [-0.2, 0) is 23.8 Å². The highest BCUT2D eigenvalue weighted by molar-refractivity contribution is 5.70. The third-order valence-corrected chi connectivity index (χ3v) is 9.88. The molecule has 0 bridgehead atoms. The molecule has 0 aliphatic carbocycles. The molecule has 0 aromatic heterocycles. The quantitative estimate of drug-likeness (QED) is 0.0353. The maximum absolute atomic E-state index is 12.5. The van der Waals surface area contributed by atoms with Crippen molar-refractivity contribution in [1.82, 2.24) is 0 Å². The van der Waals surface area contributed by atoms with Crippen molar-refractivity contribution in [2.75, 3.05) is 19.8 Å². The lowest BCUT2D eigenvalue weighted by Gasteiger charge is -2.18. The summed E-state index contributed by atoms with van der Waals surface area (Å²) in [6.07, 6.45) is 54.2. The highest BCUT2D eigenvalue weighted by Gasteiger charge is 2.17. The van der Waals surface area contributed by atoms with Crippen LogP contribution in [0.1, 0.15) is 226 Å². The first-order chi connectivity index (χ1) is 26.6. The van der Waals surface area contributed by atoms with Gasteiger partial charge in [-0.1, -0.05) is 204 Å². The molecule has 0 saturated carbocycles. The van der Waals surface area contributed by atoms with Gasteiger partial charge in [-0.2, -0.15) is 0 Å². The number of rotatable bonds is 42. The number of carbonyl (C=O) groups excluding carboxylic acids is 2. The smallest absolute Gasteiger partial charge is 0.306 e. The molecule has 0 saturated heterocycles. The maximum Gasteiger partial charge on any atom is 0.306 e. The van der Waals surface area contributed by atoms with Crippen LogP contribution in [0.25, 0.3) is 0 Å². The second-order valence-electron chi connectivity index (χ2n) is 15.3. The molecular formula is C49H88O5. The van der Waals surface area contributed by atoms with Crippen LogP contribution in [-0.4, -0.2) is 37.9 Å². The van der Waals surface area contributed by atoms with E-state index in [-0.39, 0.29) is 25.2 Å². The van der Waals surface area contributed by atoms with Crippen LogP contribution >= 0.6 is 0 Å². The molecule has 1 unspecified atom stereocenters. The normalized spacial score (nSPS) is 12.6. The first-order valence-electron chi connectivity index (χ1n) is 23.2. The third kappa shape index (κ3) is 42.6. The highest BCUT2D eigenvalue weighted by Crippen LogP contribution is 2.14. The average Bonchev–Trinajstić information content (AvgIpc) is 3.17. The van der Waals surface area contributed by atoms with Gasteiger partial charge < -0.3 is 14.2 Å². The Balaban J connectivity index is 4.08.